The Labute approximate surface area is 176 Å². The molecule has 0 atom stereocenters. The molecule has 0 radical (unpaired) electrons. The van der Waals surface area contributed by atoms with E-state index in [1.807, 2.05) is 24.3 Å². The lowest BCUT2D eigenvalue weighted by Gasteiger charge is -2.10. The molecule has 134 valence electrons. The van der Waals surface area contributed by atoms with Crippen molar-refractivity contribution in [1.82, 2.24) is 9.78 Å². The molecule has 0 amide bonds. The van der Waals surface area contributed by atoms with Gasteiger partial charge in [0, 0.05) is 16.2 Å². The number of halogens is 4. The summed E-state index contributed by atoms with van der Waals surface area (Å²) in [7, 11) is 0. The van der Waals surface area contributed by atoms with Crippen molar-refractivity contribution in [2.24, 2.45) is 0 Å². The summed E-state index contributed by atoms with van der Waals surface area (Å²) in [4.78, 5) is 0. The Morgan fingerprint density at radius 2 is 1.62 bits per heavy atom. The maximum Gasteiger partial charge on any atom is 0.176 e. The quantitative estimate of drug-likeness (QED) is 0.458. The fourth-order valence-electron chi connectivity index (χ4n) is 2.19. The minimum absolute atomic E-state index is 0.299. The van der Waals surface area contributed by atoms with Crippen LogP contribution < -0.4 is 10.6 Å². The zero-order valence-electron chi connectivity index (χ0n) is 13.1. The maximum absolute atomic E-state index is 6.24. The monoisotopic (exact) mass is 444 g/mol. The molecule has 3 aromatic rings. The van der Waals surface area contributed by atoms with E-state index in [0.29, 0.717) is 43.3 Å². The molecule has 0 aliphatic heterocycles. The van der Waals surface area contributed by atoms with Crippen LogP contribution in [-0.4, -0.2) is 14.9 Å². The molecule has 1 heterocycles. The summed E-state index contributed by atoms with van der Waals surface area (Å²) in [6.07, 6.45) is 1.72. The van der Waals surface area contributed by atoms with Crippen LogP contribution in [-0.2, 0) is 6.54 Å². The van der Waals surface area contributed by atoms with Gasteiger partial charge >= 0.3 is 0 Å². The molecule has 2 aromatic carbocycles. The van der Waals surface area contributed by atoms with Crippen LogP contribution >= 0.6 is 58.6 Å². The Hall–Kier alpha value is -1.50. The molecule has 0 aliphatic carbocycles. The van der Waals surface area contributed by atoms with Crippen LogP contribution in [0.3, 0.4) is 0 Å². The Balaban J connectivity index is 1.68. The van der Waals surface area contributed by atoms with Crippen LogP contribution in [0.2, 0.25) is 20.1 Å². The third-order valence-electron chi connectivity index (χ3n) is 3.38. The minimum atomic E-state index is 0.299. The molecule has 0 saturated heterocycles. The number of anilines is 2. The summed E-state index contributed by atoms with van der Waals surface area (Å²) in [5.41, 5.74) is 1.64. The Morgan fingerprint density at radius 1 is 0.923 bits per heavy atom. The van der Waals surface area contributed by atoms with Crippen molar-refractivity contribution >= 4 is 75.2 Å². The van der Waals surface area contributed by atoms with Gasteiger partial charge in [-0.15, -0.1) is 0 Å². The summed E-state index contributed by atoms with van der Waals surface area (Å²) in [5, 5.41) is 12.8. The normalized spacial score (nSPS) is 10.6. The molecular weight excluding hydrogens is 434 g/mol. The largest absolute Gasteiger partial charge is 0.331 e. The number of hydrogen-bond donors (Lipinski definition) is 2. The number of aromatic nitrogens is 2. The average molecular weight is 446 g/mol. The zero-order valence-corrected chi connectivity index (χ0v) is 17.0. The number of rotatable bonds is 4. The van der Waals surface area contributed by atoms with Crippen LogP contribution in [0.4, 0.5) is 11.5 Å². The highest BCUT2D eigenvalue weighted by Gasteiger charge is 2.10. The van der Waals surface area contributed by atoms with E-state index >= 15 is 0 Å². The highest BCUT2D eigenvalue weighted by Crippen LogP contribution is 2.26. The van der Waals surface area contributed by atoms with E-state index in [2.05, 4.69) is 15.7 Å². The van der Waals surface area contributed by atoms with Gasteiger partial charge in [-0.25, -0.2) is 0 Å². The van der Waals surface area contributed by atoms with Crippen LogP contribution in [0.5, 0.6) is 0 Å². The molecule has 1 aromatic heterocycles. The van der Waals surface area contributed by atoms with Gasteiger partial charge in [0.2, 0.25) is 0 Å². The van der Waals surface area contributed by atoms with Crippen molar-refractivity contribution in [2.75, 3.05) is 10.6 Å². The van der Waals surface area contributed by atoms with Gasteiger partial charge in [-0.1, -0.05) is 58.5 Å². The molecule has 9 heteroatoms. The van der Waals surface area contributed by atoms with Gasteiger partial charge in [0.05, 0.1) is 17.3 Å². The first kappa shape index (κ1) is 19.3. The fourth-order valence-corrected chi connectivity index (χ4v) is 3.06. The van der Waals surface area contributed by atoms with E-state index in [4.69, 9.17) is 58.6 Å². The van der Waals surface area contributed by atoms with Crippen LogP contribution in [0.1, 0.15) is 5.56 Å². The summed E-state index contributed by atoms with van der Waals surface area (Å²) < 4.78 is 1.71. The van der Waals surface area contributed by atoms with Gasteiger partial charge < -0.3 is 10.6 Å². The van der Waals surface area contributed by atoms with Crippen molar-refractivity contribution in [2.45, 2.75) is 6.54 Å². The molecular formula is C17H12Cl4N4S. The molecule has 0 fully saturated rings. The van der Waals surface area contributed by atoms with Gasteiger partial charge in [-0.3, -0.25) is 4.68 Å². The zero-order chi connectivity index (χ0) is 18.7. The SMILES string of the molecule is S=C(Nc1cc(Cl)ccc1Cl)Nc1nn(Cc2ccc(Cl)cc2)cc1Cl. The molecule has 4 nitrogen and oxygen atoms in total. The van der Waals surface area contributed by atoms with E-state index < -0.39 is 0 Å². The first-order valence-electron chi connectivity index (χ1n) is 7.41. The van der Waals surface area contributed by atoms with Crippen LogP contribution in [0, 0.1) is 0 Å². The summed E-state index contributed by atoms with van der Waals surface area (Å²) in [6, 6.07) is 12.6. The highest BCUT2D eigenvalue weighted by atomic mass is 35.5. The second-order valence-electron chi connectivity index (χ2n) is 5.35. The number of nitrogens with one attached hydrogen (secondary N) is 2. The standard InChI is InChI=1S/C17H12Cl4N4S/c18-11-3-1-10(2-4-11)8-25-9-14(21)16(24-25)23-17(26)22-15-7-12(19)5-6-13(15)20/h1-7,9H,8H2,(H2,22,23,24,26). The smallest absolute Gasteiger partial charge is 0.176 e. The molecule has 0 unspecified atom stereocenters. The molecule has 0 aliphatic rings. The lowest BCUT2D eigenvalue weighted by Crippen LogP contribution is -2.20. The van der Waals surface area contributed by atoms with Crippen LogP contribution in [0.15, 0.2) is 48.7 Å². The molecule has 0 bridgehead atoms. The number of thiocarbonyl (C=S) groups is 1. The molecule has 0 saturated carbocycles. The predicted octanol–water partition coefficient (Wildman–Crippen LogP) is 6.35. The Morgan fingerprint density at radius 3 is 2.35 bits per heavy atom. The molecule has 2 N–H and O–H groups in total. The Bertz CT molecular complexity index is 940. The van der Waals surface area contributed by atoms with Gasteiger partial charge in [0.25, 0.3) is 0 Å². The van der Waals surface area contributed by atoms with E-state index in [1.54, 1.807) is 29.1 Å². The van der Waals surface area contributed by atoms with Crippen LogP contribution in [0.25, 0.3) is 0 Å². The summed E-state index contributed by atoms with van der Waals surface area (Å²) in [6.45, 7) is 0.554. The van der Waals surface area contributed by atoms with Gasteiger partial charge in [0.15, 0.2) is 10.9 Å². The highest BCUT2D eigenvalue weighted by molar-refractivity contribution is 7.80. The summed E-state index contributed by atoms with van der Waals surface area (Å²) in [5.74, 6) is 0.441. The van der Waals surface area contributed by atoms with Crippen molar-refractivity contribution in [3.8, 4) is 0 Å². The fraction of sp³-hybridized carbons (Fsp3) is 0.0588. The van der Waals surface area contributed by atoms with Gasteiger partial charge in [0.1, 0.15) is 5.02 Å². The first-order valence-corrected chi connectivity index (χ1v) is 9.33. The number of benzene rings is 2. The lowest BCUT2D eigenvalue weighted by atomic mass is 10.2. The van der Waals surface area contributed by atoms with Gasteiger partial charge in [-0.2, -0.15) is 5.10 Å². The van der Waals surface area contributed by atoms with Crippen molar-refractivity contribution in [3.05, 3.63) is 74.3 Å². The van der Waals surface area contributed by atoms with E-state index in [0.717, 1.165) is 5.56 Å². The lowest BCUT2D eigenvalue weighted by molar-refractivity contribution is 0.690. The first-order chi connectivity index (χ1) is 12.4. The molecule has 3 rings (SSSR count). The molecule has 26 heavy (non-hydrogen) atoms. The number of nitrogens with zero attached hydrogens (tertiary/aromatic N) is 2. The van der Waals surface area contributed by atoms with E-state index in [1.165, 1.54) is 0 Å². The maximum atomic E-state index is 6.24. The van der Waals surface area contributed by atoms with Crippen molar-refractivity contribution in [1.29, 1.82) is 0 Å². The van der Waals surface area contributed by atoms with E-state index in [9.17, 15) is 0 Å². The van der Waals surface area contributed by atoms with E-state index in [-0.39, 0.29) is 0 Å². The predicted molar refractivity (Wildman–Crippen MR) is 114 cm³/mol. The topological polar surface area (TPSA) is 41.9 Å². The van der Waals surface area contributed by atoms with Gasteiger partial charge in [-0.05, 0) is 48.1 Å². The third-order valence-corrected chi connectivity index (χ3v) is 4.68. The average Bonchev–Trinajstić information content (AvgIpc) is 2.92. The second-order valence-corrected chi connectivity index (χ2v) is 7.45. The number of hydrogen-bond acceptors (Lipinski definition) is 2. The minimum Gasteiger partial charge on any atom is -0.331 e. The summed E-state index contributed by atoms with van der Waals surface area (Å²) >= 11 is 29.5. The van der Waals surface area contributed by atoms with Crippen molar-refractivity contribution < 1.29 is 0 Å². The molecule has 0 spiro atoms. The second kappa shape index (κ2) is 8.46. The Kier molecular flexibility index (Phi) is 6.27. The third kappa shape index (κ3) is 5.02. The van der Waals surface area contributed by atoms with Crippen molar-refractivity contribution in [3.63, 3.8) is 0 Å².